The molecule has 1 fully saturated rings. The van der Waals surface area contributed by atoms with Gasteiger partial charge in [-0.2, -0.15) is 15.0 Å². The number of benzene rings is 1. The second-order valence-electron chi connectivity index (χ2n) is 5.89. The van der Waals surface area contributed by atoms with Crippen molar-refractivity contribution < 1.29 is 4.79 Å². The minimum absolute atomic E-state index is 0.0750. The summed E-state index contributed by atoms with van der Waals surface area (Å²) in [6.07, 6.45) is 7.24. The van der Waals surface area contributed by atoms with E-state index in [0.29, 0.717) is 12.2 Å². The Bertz CT molecular complexity index is 811. The first-order chi connectivity index (χ1) is 11.8. The number of aromatic nitrogens is 5. The molecule has 1 saturated heterocycles. The van der Waals surface area contributed by atoms with E-state index >= 15 is 0 Å². The summed E-state index contributed by atoms with van der Waals surface area (Å²) in [5.41, 5.74) is 1.21. The molecule has 0 N–H and O–H groups in total. The van der Waals surface area contributed by atoms with E-state index in [1.54, 1.807) is 6.20 Å². The molecule has 1 aromatic carbocycles. The van der Waals surface area contributed by atoms with Crippen LogP contribution in [0.25, 0.3) is 5.69 Å². The van der Waals surface area contributed by atoms with Gasteiger partial charge in [0, 0.05) is 25.5 Å². The van der Waals surface area contributed by atoms with Gasteiger partial charge in [0.15, 0.2) is 5.69 Å². The van der Waals surface area contributed by atoms with Crippen molar-refractivity contribution in [2.45, 2.75) is 18.9 Å². The van der Waals surface area contributed by atoms with Crippen LogP contribution in [0.5, 0.6) is 0 Å². The molecule has 122 valence electrons. The Kier molecular flexibility index (Phi) is 3.82. The Morgan fingerprint density at radius 3 is 2.79 bits per heavy atom. The predicted molar refractivity (Wildman–Crippen MR) is 87.8 cm³/mol. The molecule has 3 heterocycles. The van der Waals surface area contributed by atoms with Gasteiger partial charge in [0.1, 0.15) is 0 Å². The second-order valence-corrected chi connectivity index (χ2v) is 5.89. The molecule has 0 radical (unpaired) electrons. The lowest BCUT2D eigenvalue weighted by molar-refractivity contribution is 0.0666. The zero-order chi connectivity index (χ0) is 16.4. The number of amides is 1. The van der Waals surface area contributed by atoms with Crippen molar-refractivity contribution in [2.75, 3.05) is 13.1 Å². The first kappa shape index (κ1) is 14.6. The number of piperidine rings is 1. The van der Waals surface area contributed by atoms with Crippen LogP contribution in [-0.4, -0.2) is 48.7 Å². The third kappa shape index (κ3) is 2.80. The molecule has 0 bridgehead atoms. The van der Waals surface area contributed by atoms with Crippen LogP contribution >= 0.6 is 0 Å². The highest BCUT2D eigenvalue weighted by Gasteiger charge is 2.27. The summed E-state index contributed by atoms with van der Waals surface area (Å²) in [5.74, 6) is -0.0750. The van der Waals surface area contributed by atoms with Gasteiger partial charge in [0.05, 0.1) is 17.9 Å². The number of hydrogen-bond acceptors (Lipinski definition) is 4. The van der Waals surface area contributed by atoms with E-state index < -0.39 is 0 Å². The molecule has 1 aliphatic heterocycles. The van der Waals surface area contributed by atoms with Crippen LogP contribution in [0.1, 0.15) is 29.4 Å². The summed E-state index contributed by atoms with van der Waals surface area (Å²) in [6.45, 7) is 1.40. The Morgan fingerprint density at radius 1 is 1.12 bits per heavy atom. The van der Waals surface area contributed by atoms with Crippen molar-refractivity contribution >= 4 is 5.91 Å². The van der Waals surface area contributed by atoms with Crippen LogP contribution in [0.4, 0.5) is 0 Å². The molecule has 2 aromatic heterocycles. The fourth-order valence-electron chi connectivity index (χ4n) is 3.06. The smallest absolute Gasteiger partial charge is 0.276 e. The molecule has 1 amide bonds. The van der Waals surface area contributed by atoms with Crippen LogP contribution in [-0.2, 0) is 0 Å². The normalized spacial score (nSPS) is 17.8. The number of para-hydroxylation sites is 1. The highest BCUT2D eigenvalue weighted by atomic mass is 16.2. The molecule has 1 atom stereocenters. The molecule has 7 heteroatoms. The summed E-state index contributed by atoms with van der Waals surface area (Å²) in [6, 6.07) is 11.7. The first-order valence-electron chi connectivity index (χ1n) is 8.07. The van der Waals surface area contributed by atoms with E-state index in [1.807, 2.05) is 52.2 Å². The van der Waals surface area contributed by atoms with Gasteiger partial charge in [0.25, 0.3) is 5.91 Å². The molecular weight excluding hydrogens is 304 g/mol. The molecule has 24 heavy (non-hydrogen) atoms. The fraction of sp³-hybridized carbons (Fsp3) is 0.294. The van der Waals surface area contributed by atoms with E-state index in [2.05, 4.69) is 15.3 Å². The van der Waals surface area contributed by atoms with Crippen molar-refractivity contribution in [3.8, 4) is 5.69 Å². The van der Waals surface area contributed by atoms with E-state index in [9.17, 15) is 4.79 Å². The standard InChI is InChI=1S/C17H18N6O/c24-17(16-12-19-23(20-16)14-6-2-1-3-7-14)21-10-4-8-15(13-21)22-11-5-9-18-22/h1-3,5-7,9,11-12,15H,4,8,10,13H2/t15-/m0/s1. The molecule has 0 spiro atoms. The number of rotatable bonds is 3. The van der Waals surface area contributed by atoms with Gasteiger partial charge in [-0.05, 0) is 31.0 Å². The van der Waals surface area contributed by atoms with Gasteiger partial charge in [0.2, 0.25) is 0 Å². The minimum atomic E-state index is -0.0750. The molecule has 3 aromatic rings. The molecular formula is C17H18N6O. The van der Waals surface area contributed by atoms with Gasteiger partial charge in [-0.15, -0.1) is 5.10 Å². The molecule has 1 aliphatic rings. The number of carbonyl (C=O) groups is 1. The summed E-state index contributed by atoms with van der Waals surface area (Å²) in [4.78, 5) is 16.1. The quantitative estimate of drug-likeness (QED) is 0.739. The molecule has 0 aliphatic carbocycles. The van der Waals surface area contributed by atoms with Crippen molar-refractivity contribution in [3.63, 3.8) is 0 Å². The maximum atomic E-state index is 12.7. The Hall–Kier alpha value is -2.96. The number of hydrogen-bond donors (Lipinski definition) is 0. The monoisotopic (exact) mass is 322 g/mol. The molecule has 0 saturated carbocycles. The van der Waals surface area contributed by atoms with E-state index in [1.165, 1.54) is 11.0 Å². The molecule has 4 rings (SSSR count). The summed E-state index contributed by atoms with van der Waals surface area (Å²) < 4.78 is 1.93. The lowest BCUT2D eigenvalue weighted by atomic mass is 10.1. The van der Waals surface area contributed by atoms with Gasteiger partial charge in [-0.1, -0.05) is 18.2 Å². The lowest BCUT2D eigenvalue weighted by Crippen LogP contribution is -2.41. The largest absolute Gasteiger partial charge is 0.335 e. The summed E-state index contributed by atoms with van der Waals surface area (Å²) in [7, 11) is 0. The third-order valence-electron chi connectivity index (χ3n) is 4.28. The Labute approximate surface area is 139 Å². The highest BCUT2D eigenvalue weighted by Crippen LogP contribution is 2.21. The molecule has 0 unspecified atom stereocenters. The van der Waals surface area contributed by atoms with E-state index in [0.717, 1.165) is 25.1 Å². The maximum Gasteiger partial charge on any atom is 0.276 e. The maximum absolute atomic E-state index is 12.7. The zero-order valence-electron chi connectivity index (χ0n) is 13.2. The summed E-state index contributed by atoms with van der Waals surface area (Å²) >= 11 is 0. The number of carbonyl (C=O) groups excluding carboxylic acids is 1. The van der Waals surface area contributed by atoms with Crippen LogP contribution in [0.3, 0.4) is 0 Å². The Morgan fingerprint density at radius 2 is 2.00 bits per heavy atom. The average Bonchev–Trinajstić information content (AvgIpc) is 3.34. The van der Waals surface area contributed by atoms with Gasteiger partial charge in [-0.3, -0.25) is 9.48 Å². The topological polar surface area (TPSA) is 68.8 Å². The Balaban J connectivity index is 1.50. The first-order valence-corrected chi connectivity index (χ1v) is 8.07. The van der Waals surface area contributed by atoms with E-state index in [4.69, 9.17) is 0 Å². The highest BCUT2D eigenvalue weighted by molar-refractivity contribution is 5.92. The average molecular weight is 322 g/mol. The number of likely N-dealkylation sites (tertiary alicyclic amines) is 1. The van der Waals surface area contributed by atoms with Crippen molar-refractivity contribution in [2.24, 2.45) is 0 Å². The van der Waals surface area contributed by atoms with Crippen molar-refractivity contribution in [1.82, 2.24) is 29.7 Å². The van der Waals surface area contributed by atoms with Crippen LogP contribution in [0.15, 0.2) is 55.0 Å². The fourth-order valence-corrected chi connectivity index (χ4v) is 3.06. The zero-order valence-corrected chi connectivity index (χ0v) is 13.2. The van der Waals surface area contributed by atoms with Crippen molar-refractivity contribution in [3.05, 3.63) is 60.7 Å². The van der Waals surface area contributed by atoms with Crippen LogP contribution in [0, 0.1) is 0 Å². The second kappa shape index (κ2) is 6.27. The molecule has 7 nitrogen and oxygen atoms in total. The van der Waals surface area contributed by atoms with Crippen LogP contribution in [0.2, 0.25) is 0 Å². The van der Waals surface area contributed by atoms with Gasteiger partial charge < -0.3 is 4.90 Å². The SMILES string of the molecule is O=C(c1cnn(-c2ccccc2)n1)N1CCC[C@H](n2cccn2)C1. The van der Waals surface area contributed by atoms with E-state index in [-0.39, 0.29) is 11.9 Å². The van der Waals surface area contributed by atoms with Crippen molar-refractivity contribution in [1.29, 1.82) is 0 Å². The summed E-state index contributed by atoms with van der Waals surface area (Å²) in [5, 5.41) is 12.8. The van der Waals surface area contributed by atoms with Gasteiger partial charge >= 0.3 is 0 Å². The minimum Gasteiger partial charge on any atom is -0.335 e. The van der Waals surface area contributed by atoms with Crippen LogP contribution < -0.4 is 0 Å². The number of nitrogens with zero attached hydrogens (tertiary/aromatic N) is 6. The van der Waals surface area contributed by atoms with Gasteiger partial charge in [-0.25, -0.2) is 0 Å². The lowest BCUT2D eigenvalue weighted by Gasteiger charge is -2.32. The predicted octanol–water partition coefficient (Wildman–Crippen LogP) is 1.94. The third-order valence-corrected chi connectivity index (χ3v) is 4.28.